The maximum absolute atomic E-state index is 13.5. The topological polar surface area (TPSA) is 35.2 Å². The molecule has 2 N–H and O–H groups in total. The number of para-hydroxylation sites is 1. The van der Waals surface area contributed by atoms with Gasteiger partial charge in [-0.2, -0.15) is 0 Å². The Morgan fingerprint density at radius 2 is 1.89 bits per heavy atom. The molecule has 0 fully saturated rings. The number of ether oxygens (including phenoxy) is 1. The van der Waals surface area contributed by atoms with Crippen molar-refractivity contribution in [2.24, 2.45) is 5.73 Å². The van der Waals surface area contributed by atoms with Crippen molar-refractivity contribution in [3.63, 3.8) is 0 Å². The fourth-order valence-corrected chi connectivity index (χ4v) is 2.00. The van der Waals surface area contributed by atoms with Crippen LogP contribution in [0.3, 0.4) is 0 Å². The van der Waals surface area contributed by atoms with E-state index in [0.29, 0.717) is 5.56 Å². The van der Waals surface area contributed by atoms with Crippen molar-refractivity contribution in [2.45, 2.75) is 26.5 Å². The third kappa shape index (κ3) is 3.12. The van der Waals surface area contributed by atoms with Gasteiger partial charge in [0.25, 0.3) is 0 Å². The fraction of sp³-hybridized carbons (Fsp3) is 0.250. The molecule has 0 aliphatic heterocycles. The molecule has 1 atom stereocenters. The lowest BCUT2D eigenvalue weighted by Gasteiger charge is -2.16. The van der Waals surface area contributed by atoms with Gasteiger partial charge in [-0.15, -0.1) is 0 Å². The molecule has 0 bridgehead atoms. The standard InChI is InChI=1S/C16H18FNO/c1-11-6-5-8-14(12(2)18)16(11)19-10-13-7-3-4-9-15(13)17/h3-9,12H,10,18H2,1-2H3. The van der Waals surface area contributed by atoms with Gasteiger partial charge in [0.05, 0.1) is 0 Å². The molecule has 100 valence electrons. The second-order valence-corrected chi connectivity index (χ2v) is 4.66. The predicted octanol–water partition coefficient (Wildman–Crippen LogP) is 3.73. The first-order valence-corrected chi connectivity index (χ1v) is 6.31. The SMILES string of the molecule is Cc1cccc(C(C)N)c1OCc1ccccc1F. The molecule has 0 saturated carbocycles. The first-order chi connectivity index (χ1) is 9.09. The van der Waals surface area contributed by atoms with Crippen LogP contribution in [0, 0.1) is 12.7 Å². The van der Waals surface area contributed by atoms with Crippen LogP contribution in [0.25, 0.3) is 0 Å². The summed E-state index contributed by atoms with van der Waals surface area (Å²) in [7, 11) is 0. The highest BCUT2D eigenvalue weighted by Gasteiger charge is 2.11. The van der Waals surface area contributed by atoms with Gasteiger partial charge >= 0.3 is 0 Å². The van der Waals surface area contributed by atoms with Gasteiger partial charge in [-0.1, -0.05) is 36.4 Å². The largest absolute Gasteiger partial charge is 0.488 e. The van der Waals surface area contributed by atoms with E-state index in [4.69, 9.17) is 10.5 Å². The average Bonchev–Trinajstić information content (AvgIpc) is 2.38. The van der Waals surface area contributed by atoms with Crippen molar-refractivity contribution in [3.05, 3.63) is 65.0 Å². The van der Waals surface area contributed by atoms with Crippen LogP contribution in [0.2, 0.25) is 0 Å². The first-order valence-electron chi connectivity index (χ1n) is 6.31. The smallest absolute Gasteiger partial charge is 0.129 e. The Bertz CT molecular complexity index is 566. The second-order valence-electron chi connectivity index (χ2n) is 4.66. The molecule has 0 saturated heterocycles. The van der Waals surface area contributed by atoms with Gasteiger partial charge in [0.2, 0.25) is 0 Å². The third-order valence-corrected chi connectivity index (χ3v) is 3.06. The molecule has 1 unspecified atom stereocenters. The van der Waals surface area contributed by atoms with Gasteiger partial charge in [0.1, 0.15) is 18.2 Å². The number of nitrogens with two attached hydrogens (primary N) is 1. The molecule has 2 rings (SSSR count). The molecule has 0 heterocycles. The fourth-order valence-electron chi connectivity index (χ4n) is 2.00. The van der Waals surface area contributed by atoms with Crippen molar-refractivity contribution in [1.29, 1.82) is 0 Å². The summed E-state index contributed by atoms with van der Waals surface area (Å²) in [5.41, 5.74) is 8.42. The molecule has 0 amide bonds. The van der Waals surface area contributed by atoms with E-state index in [-0.39, 0.29) is 18.5 Å². The monoisotopic (exact) mass is 259 g/mol. The van der Waals surface area contributed by atoms with Crippen LogP contribution < -0.4 is 10.5 Å². The third-order valence-electron chi connectivity index (χ3n) is 3.06. The van der Waals surface area contributed by atoms with Gasteiger partial charge in [-0.25, -0.2) is 4.39 Å². The minimum absolute atomic E-state index is 0.115. The van der Waals surface area contributed by atoms with Crippen LogP contribution >= 0.6 is 0 Å². The summed E-state index contributed by atoms with van der Waals surface area (Å²) in [6, 6.07) is 12.4. The summed E-state index contributed by atoms with van der Waals surface area (Å²) in [5.74, 6) is 0.499. The van der Waals surface area contributed by atoms with Crippen molar-refractivity contribution < 1.29 is 9.13 Å². The highest BCUT2D eigenvalue weighted by Crippen LogP contribution is 2.28. The Hall–Kier alpha value is -1.87. The highest BCUT2D eigenvalue weighted by atomic mass is 19.1. The van der Waals surface area contributed by atoms with E-state index in [1.54, 1.807) is 18.2 Å². The maximum atomic E-state index is 13.5. The van der Waals surface area contributed by atoms with Gasteiger partial charge in [-0.05, 0) is 25.5 Å². The summed E-state index contributed by atoms with van der Waals surface area (Å²) < 4.78 is 19.3. The number of rotatable bonds is 4. The molecular formula is C16H18FNO. The van der Waals surface area contributed by atoms with Crippen molar-refractivity contribution in [1.82, 2.24) is 0 Å². The predicted molar refractivity (Wildman–Crippen MR) is 74.5 cm³/mol. The van der Waals surface area contributed by atoms with Gasteiger partial charge < -0.3 is 10.5 Å². The number of hydrogen-bond donors (Lipinski definition) is 1. The zero-order valence-electron chi connectivity index (χ0n) is 11.2. The Kier molecular flexibility index (Phi) is 4.17. The quantitative estimate of drug-likeness (QED) is 0.908. The van der Waals surface area contributed by atoms with E-state index in [0.717, 1.165) is 16.9 Å². The normalized spacial score (nSPS) is 12.2. The van der Waals surface area contributed by atoms with Crippen LogP contribution in [0.1, 0.15) is 29.7 Å². The number of benzene rings is 2. The minimum atomic E-state index is -0.251. The van der Waals surface area contributed by atoms with E-state index in [9.17, 15) is 4.39 Å². The molecule has 0 spiro atoms. The molecule has 2 aromatic rings. The Balaban J connectivity index is 2.22. The zero-order chi connectivity index (χ0) is 13.8. The highest BCUT2D eigenvalue weighted by molar-refractivity contribution is 5.42. The molecule has 2 nitrogen and oxygen atoms in total. The van der Waals surface area contributed by atoms with Crippen LogP contribution in [0.5, 0.6) is 5.75 Å². The van der Waals surface area contributed by atoms with Gasteiger partial charge in [0, 0.05) is 17.2 Å². The lowest BCUT2D eigenvalue weighted by molar-refractivity contribution is 0.293. The van der Waals surface area contributed by atoms with Crippen LogP contribution in [0.4, 0.5) is 4.39 Å². The van der Waals surface area contributed by atoms with E-state index >= 15 is 0 Å². The summed E-state index contributed by atoms with van der Waals surface area (Å²) in [4.78, 5) is 0. The molecule has 0 aliphatic rings. The average molecular weight is 259 g/mol. The number of halogens is 1. The molecule has 0 aromatic heterocycles. The Morgan fingerprint density at radius 1 is 1.16 bits per heavy atom. The number of hydrogen-bond acceptors (Lipinski definition) is 2. The van der Waals surface area contributed by atoms with Crippen molar-refractivity contribution in [3.8, 4) is 5.75 Å². The summed E-state index contributed by atoms with van der Waals surface area (Å²) in [5, 5.41) is 0. The number of aryl methyl sites for hydroxylation is 1. The lowest BCUT2D eigenvalue weighted by Crippen LogP contribution is -2.09. The molecular weight excluding hydrogens is 241 g/mol. The van der Waals surface area contributed by atoms with E-state index in [1.807, 2.05) is 32.0 Å². The summed E-state index contributed by atoms with van der Waals surface area (Å²) >= 11 is 0. The zero-order valence-corrected chi connectivity index (χ0v) is 11.2. The first kappa shape index (κ1) is 13.6. The summed E-state index contributed by atoms with van der Waals surface area (Å²) in [6.45, 7) is 4.07. The lowest BCUT2D eigenvalue weighted by atomic mass is 10.0. The van der Waals surface area contributed by atoms with Gasteiger partial charge in [-0.3, -0.25) is 0 Å². The molecule has 19 heavy (non-hydrogen) atoms. The second kappa shape index (κ2) is 5.85. The Labute approximate surface area is 113 Å². The van der Waals surface area contributed by atoms with Crippen LogP contribution in [0.15, 0.2) is 42.5 Å². The van der Waals surface area contributed by atoms with Crippen LogP contribution in [-0.2, 0) is 6.61 Å². The maximum Gasteiger partial charge on any atom is 0.129 e. The summed E-state index contributed by atoms with van der Waals surface area (Å²) in [6.07, 6.45) is 0. The molecule has 2 aromatic carbocycles. The molecule has 3 heteroatoms. The van der Waals surface area contributed by atoms with Gasteiger partial charge in [0.15, 0.2) is 0 Å². The van der Waals surface area contributed by atoms with E-state index < -0.39 is 0 Å². The Morgan fingerprint density at radius 3 is 2.58 bits per heavy atom. The van der Waals surface area contributed by atoms with Crippen molar-refractivity contribution in [2.75, 3.05) is 0 Å². The van der Waals surface area contributed by atoms with E-state index in [2.05, 4.69) is 0 Å². The van der Waals surface area contributed by atoms with Crippen molar-refractivity contribution >= 4 is 0 Å². The van der Waals surface area contributed by atoms with Crippen LogP contribution in [-0.4, -0.2) is 0 Å². The van der Waals surface area contributed by atoms with E-state index in [1.165, 1.54) is 6.07 Å². The molecule has 0 aliphatic carbocycles. The molecule has 0 radical (unpaired) electrons. The minimum Gasteiger partial charge on any atom is -0.488 e.